The van der Waals surface area contributed by atoms with Crippen LogP contribution < -0.4 is 5.32 Å². The Hall–Kier alpha value is -1.11. The summed E-state index contributed by atoms with van der Waals surface area (Å²) in [5, 5.41) is 10.5. The van der Waals surface area contributed by atoms with Gasteiger partial charge in [-0.2, -0.15) is 5.26 Å². The smallest absolute Gasteiger partial charge is 0.242 e. The van der Waals surface area contributed by atoms with Crippen molar-refractivity contribution in [2.24, 2.45) is 5.41 Å². The van der Waals surface area contributed by atoms with Gasteiger partial charge in [0.2, 0.25) is 5.91 Å². The minimum absolute atomic E-state index is 0.586. The Balaban J connectivity index is 4.37. The highest BCUT2D eigenvalue weighted by molar-refractivity contribution is 5.84. The SMILES string of the molecule is CNC(=O)C(C)(C#N)CF. The van der Waals surface area contributed by atoms with Gasteiger partial charge in [-0.05, 0) is 6.92 Å². The predicted octanol–water partition coefficient (Wildman–Crippen LogP) is 0.232. The third-order valence-electron chi connectivity index (χ3n) is 1.24. The van der Waals surface area contributed by atoms with Crippen LogP contribution in [-0.2, 0) is 4.79 Å². The lowest BCUT2D eigenvalue weighted by Gasteiger charge is -2.13. The fourth-order valence-electron chi connectivity index (χ4n) is 0.417. The number of nitriles is 1. The molecule has 0 aromatic heterocycles. The minimum atomic E-state index is -1.52. The van der Waals surface area contributed by atoms with Crippen molar-refractivity contribution in [3.63, 3.8) is 0 Å². The number of carbonyl (C=O) groups excluding carboxylic acids is 1. The van der Waals surface area contributed by atoms with Gasteiger partial charge < -0.3 is 5.32 Å². The molecule has 0 spiro atoms. The highest BCUT2D eigenvalue weighted by Gasteiger charge is 2.32. The summed E-state index contributed by atoms with van der Waals surface area (Å²) in [5.74, 6) is -0.586. The van der Waals surface area contributed by atoms with Gasteiger partial charge in [-0.15, -0.1) is 0 Å². The monoisotopic (exact) mass is 144 g/mol. The van der Waals surface area contributed by atoms with Crippen molar-refractivity contribution >= 4 is 5.91 Å². The minimum Gasteiger partial charge on any atom is -0.358 e. The number of amides is 1. The van der Waals surface area contributed by atoms with E-state index in [2.05, 4.69) is 5.32 Å². The molecule has 0 saturated carbocycles. The third kappa shape index (κ3) is 1.44. The summed E-state index contributed by atoms with van der Waals surface area (Å²) >= 11 is 0. The summed E-state index contributed by atoms with van der Waals surface area (Å²) in [5.41, 5.74) is -1.52. The number of halogens is 1. The lowest BCUT2D eigenvalue weighted by atomic mass is 9.94. The van der Waals surface area contributed by atoms with Gasteiger partial charge in [-0.3, -0.25) is 4.79 Å². The molecule has 0 aliphatic heterocycles. The van der Waals surface area contributed by atoms with Gasteiger partial charge in [0.1, 0.15) is 6.67 Å². The molecule has 1 N–H and O–H groups in total. The first-order valence-electron chi connectivity index (χ1n) is 2.80. The number of hydrogen-bond donors (Lipinski definition) is 1. The second kappa shape index (κ2) is 3.16. The van der Waals surface area contributed by atoms with Crippen LogP contribution in [0.4, 0.5) is 4.39 Å². The van der Waals surface area contributed by atoms with E-state index >= 15 is 0 Å². The van der Waals surface area contributed by atoms with Gasteiger partial charge in [0.15, 0.2) is 5.41 Å². The predicted molar refractivity (Wildman–Crippen MR) is 33.8 cm³/mol. The molecule has 0 saturated heterocycles. The molecule has 1 amide bonds. The van der Waals surface area contributed by atoms with Gasteiger partial charge >= 0.3 is 0 Å². The standard InChI is InChI=1S/C6H9FN2O/c1-6(3-7,4-8)5(10)9-2/h3H2,1-2H3,(H,9,10). The lowest BCUT2D eigenvalue weighted by molar-refractivity contribution is -0.127. The Kier molecular flexibility index (Phi) is 2.81. The zero-order chi connectivity index (χ0) is 8.20. The van der Waals surface area contributed by atoms with E-state index in [-0.39, 0.29) is 0 Å². The zero-order valence-corrected chi connectivity index (χ0v) is 5.94. The molecule has 1 unspecified atom stereocenters. The summed E-state index contributed by atoms with van der Waals surface area (Å²) in [4.78, 5) is 10.7. The van der Waals surface area contributed by atoms with E-state index in [9.17, 15) is 9.18 Å². The van der Waals surface area contributed by atoms with Crippen LogP contribution in [0.2, 0.25) is 0 Å². The van der Waals surface area contributed by atoms with Crippen molar-refractivity contribution < 1.29 is 9.18 Å². The molecule has 0 fully saturated rings. The molecule has 0 aliphatic carbocycles. The molecule has 0 bridgehead atoms. The molecule has 0 aromatic rings. The normalized spacial score (nSPS) is 15.0. The van der Waals surface area contributed by atoms with E-state index in [0.717, 1.165) is 0 Å². The number of hydrogen-bond acceptors (Lipinski definition) is 2. The molecule has 10 heavy (non-hydrogen) atoms. The van der Waals surface area contributed by atoms with E-state index in [1.54, 1.807) is 6.07 Å². The topological polar surface area (TPSA) is 52.9 Å². The van der Waals surface area contributed by atoms with Gasteiger partial charge in [0.05, 0.1) is 6.07 Å². The average molecular weight is 144 g/mol. The Labute approximate surface area is 58.8 Å². The molecule has 0 aliphatic rings. The number of carbonyl (C=O) groups is 1. The maximum absolute atomic E-state index is 12.0. The lowest BCUT2D eigenvalue weighted by Crippen LogP contribution is -2.37. The van der Waals surface area contributed by atoms with Crippen LogP contribution in [0, 0.1) is 16.7 Å². The molecule has 0 aromatic carbocycles. The summed E-state index contributed by atoms with van der Waals surface area (Å²) < 4.78 is 12.0. The van der Waals surface area contributed by atoms with Gasteiger partial charge in [-0.25, -0.2) is 4.39 Å². The van der Waals surface area contributed by atoms with Crippen molar-refractivity contribution in [1.29, 1.82) is 5.26 Å². The Bertz CT molecular complexity index is 175. The van der Waals surface area contributed by atoms with Crippen molar-refractivity contribution in [2.45, 2.75) is 6.92 Å². The van der Waals surface area contributed by atoms with Crippen LogP contribution in [0.3, 0.4) is 0 Å². The largest absolute Gasteiger partial charge is 0.358 e. The van der Waals surface area contributed by atoms with E-state index in [1.807, 2.05) is 0 Å². The summed E-state index contributed by atoms with van der Waals surface area (Å²) in [7, 11) is 1.37. The van der Waals surface area contributed by atoms with Gasteiger partial charge in [-0.1, -0.05) is 0 Å². The van der Waals surface area contributed by atoms with E-state index in [1.165, 1.54) is 14.0 Å². The Morgan fingerprint density at radius 1 is 1.90 bits per heavy atom. The Morgan fingerprint density at radius 3 is 2.50 bits per heavy atom. The van der Waals surface area contributed by atoms with Gasteiger partial charge in [0.25, 0.3) is 0 Å². The van der Waals surface area contributed by atoms with Crippen LogP contribution in [0.15, 0.2) is 0 Å². The highest BCUT2D eigenvalue weighted by Crippen LogP contribution is 2.14. The molecule has 0 heterocycles. The first kappa shape index (κ1) is 8.89. The molecule has 56 valence electrons. The van der Waals surface area contributed by atoms with Crippen LogP contribution in [0.1, 0.15) is 6.92 Å². The van der Waals surface area contributed by atoms with Crippen molar-refractivity contribution in [1.82, 2.24) is 5.32 Å². The maximum Gasteiger partial charge on any atom is 0.242 e. The van der Waals surface area contributed by atoms with E-state index in [0.29, 0.717) is 0 Å². The van der Waals surface area contributed by atoms with Crippen LogP contribution in [0.5, 0.6) is 0 Å². The van der Waals surface area contributed by atoms with Gasteiger partial charge in [0, 0.05) is 7.05 Å². The summed E-state index contributed by atoms with van der Waals surface area (Å²) in [6, 6.07) is 1.59. The molecule has 0 radical (unpaired) electrons. The number of nitrogens with zero attached hydrogens (tertiary/aromatic N) is 1. The van der Waals surface area contributed by atoms with E-state index in [4.69, 9.17) is 5.26 Å². The second-order valence-electron chi connectivity index (χ2n) is 2.16. The third-order valence-corrected chi connectivity index (χ3v) is 1.24. The first-order valence-corrected chi connectivity index (χ1v) is 2.80. The number of alkyl halides is 1. The fraction of sp³-hybridized carbons (Fsp3) is 0.667. The fourth-order valence-corrected chi connectivity index (χ4v) is 0.417. The zero-order valence-electron chi connectivity index (χ0n) is 5.94. The summed E-state index contributed by atoms with van der Waals surface area (Å²) in [6.45, 7) is 0.301. The maximum atomic E-state index is 12.0. The molecule has 4 heteroatoms. The first-order chi connectivity index (χ1) is 4.60. The summed E-state index contributed by atoms with van der Waals surface area (Å²) in [6.07, 6.45) is 0. The molecular formula is C6H9FN2O. The number of nitrogens with one attached hydrogen (secondary N) is 1. The Morgan fingerprint density at radius 2 is 2.40 bits per heavy atom. The van der Waals surface area contributed by atoms with E-state index < -0.39 is 18.0 Å². The van der Waals surface area contributed by atoms with Crippen LogP contribution in [-0.4, -0.2) is 19.6 Å². The quantitative estimate of drug-likeness (QED) is 0.603. The van der Waals surface area contributed by atoms with Crippen LogP contribution in [0.25, 0.3) is 0 Å². The molecule has 0 rings (SSSR count). The highest BCUT2D eigenvalue weighted by atomic mass is 19.1. The molecule has 3 nitrogen and oxygen atoms in total. The molecular weight excluding hydrogens is 135 g/mol. The average Bonchev–Trinajstić information content (AvgIpc) is 2.01. The number of rotatable bonds is 2. The second-order valence-corrected chi connectivity index (χ2v) is 2.16. The van der Waals surface area contributed by atoms with Crippen molar-refractivity contribution in [3.8, 4) is 6.07 Å². The van der Waals surface area contributed by atoms with Crippen molar-refractivity contribution in [3.05, 3.63) is 0 Å². The van der Waals surface area contributed by atoms with Crippen molar-refractivity contribution in [2.75, 3.05) is 13.7 Å². The molecule has 1 atom stereocenters. The van der Waals surface area contributed by atoms with Crippen LogP contribution >= 0.6 is 0 Å².